The van der Waals surface area contributed by atoms with Gasteiger partial charge in [-0.25, -0.2) is 0 Å². The highest BCUT2D eigenvalue weighted by Gasteiger charge is 1.95. The van der Waals surface area contributed by atoms with Gasteiger partial charge < -0.3 is 0 Å². The molecule has 0 amide bonds. The quantitative estimate of drug-likeness (QED) is 0.456. The van der Waals surface area contributed by atoms with Crippen LogP contribution in [0.1, 0.15) is 47.0 Å². The fourth-order valence-corrected chi connectivity index (χ4v) is 1.68. The zero-order valence-corrected chi connectivity index (χ0v) is 10.5. The molecule has 0 spiro atoms. The molecular formula is C10H26NP. The maximum absolute atomic E-state index is 2.51. The molecule has 76 valence electrons. The fraction of sp³-hybridized carbons (Fsp3) is 1.00. The van der Waals surface area contributed by atoms with Gasteiger partial charge in [-0.1, -0.05) is 49.3 Å². The number of hydrogen-bond acceptors (Lipinski definition) is 1. The van der Waals surface area contributed by atoms with Gasteiger partial charge in [-0.05, 0) is 19.6 Å². The summed E-state index contributed by atoms with van der Waals surface area (Å²) in [5, 5.41) is 0. The van der Waals surface area contributed by atoms with Gasteiger partial charge in [0.2, 0.25) is 0 Å². The largest absolute Gasteiger partial charge is 0.285 e. The van der Waals surface area contributed by atoms with Gasteiger partial charge in [-0.3, -0.25) is 4.67 Å². The second-order valence-electron chi connectivity index (χ2n) is 2.51. The van der Waals surface area contributed by atoms with Crippen molar-refractivity contribution in [3.05, 3.63) is 0 Å². The first-order chi connectivity index (χ1) is 5.85. The molecule has 0 heterocycles. The Morgan fingerprint density at radius 3 is 2.00 bits per heavy atom. The Hall–Kier alpha value is 0.390. The molecule has 0 aromatic rings. The summed E-state index contributed by atoms with van der Waals surface area (Å²) in [5.41, 5.74) is 0. The van der Waals surface area contributed by atoms with E-state index >= 15 is 0 Å². The third-order valence-corrected chi connectivity index (χ3v) is 2.90. The summed E-state index contributed by atoms with van der Waals surface area (Å²) in [7, 11) is 0.994. The molecule has 2 heteroatoms. The maximum Gasteiger partial charge on any atom is 0.00184 e. The molecule has 0 aromatic heterocycles. The average Bonchev–Trinajstić information content (AvgIpc) is 2.16. The Labute approximate surface area is 80.8 Å². The standard InChI is InChI=1S/C8H20NP.C2H6/c1-4-6-7-8-9(5-2)10-3;1-2/h10H,4-8H2,1-3H3;1-2H3. The third kappa shape index (κ3) is 10.4. The van der Waals surface area contributed by atoms with Crippen LogP contribution in [0.5, 0.6) is 0 Å². The molecule has 0 radical (unpaired) electrons. The Balaban J connectivity index is 0. The van der Waals surface area contributed by atoms with Crippen LogP contribution in [0.2, 0.25) is 0 Å². The zero-order chi connectivity index (χ0) is 9.82. The lowest BCUT2D eigenvalue weighted by Crippen LogP contribution is -2.13. The molecule has 0 saturated heterocycles. The van der Waals surface area contributed by atoms with Gasteiger partial charge in [0.15, 0.2) is 0 Å². The second-order valence-corrected chi connectivity index (χ2v) is 3.59. The van der Waals surface area contributed by atoms with E-state index in [9.17, 15) is 0 Å². The molecular weight excluding hydrogens is 165 g/mol. The van der Waals surface area contributed by atoms with Crippen LogP contribution in [-0.4, -0.2) is 24.4 Å². The van der Waals surface area contributed by atoms with Crippen LogP contribution in [-0.2, 0) is 0 Å². The normalized spacial score (nSPS) is 10.5. The lowest BCUT2D eigenvalue weighted by atomic mass is 10.2. The Bertz CT molecular complexity index is 62.9. The van der Waals surface area contributed by atoms with Crippen LogP contribution in [0.15, 0.2) is 0 Å². The van der Waals surface area contributed by atoms with Crippen LogP contribution < -0.4 is 0 Å². The van der Waals surface area contributed by atoms with E-state index < -0.39 is 0 Å². The van der Waals surface area contributed by atoms with Crippen LogP contribution in [0.25, 0.3) is 0 Å². The molecule has 0 rings (SSSR count). The predicted molar refractivity (Wildman–Crippen MR) is 62.4 cm³/mol. The van der Waals surface area contributed by atoms with Gasteiger partial charge in [0.25, 0.3) is 0 Å². The first kappa shape index (κ1) is 14.9. The summed E-state index contributed by atoms with van der Waals surface area (Å²) in [5.74, 6) is 0. The highest BCUT2D eigenvalue weighted by Crippen LogP contribution is 2.12. The fourth-order valence-electron chi connectivity index (χ4n) is 0.981. The van der Waals surface area contributed by atoms with Crippen molar-refractivity contribution in [2.24, 2.45) is 0 Å². The second kappa shape index (κ2) is 13.9. The predicted octanol–water partition coefficient (Wildman–Crippen LogP) is 3.75. The summed E-state index contributed by atoms with van der Waals surface area (Å²) < 4.78 is 2.51. The third-order valence-electron chi connectivity index (χ3n) is 1.73. The minimum Gasteiger partial charge on any atom is -0.285 e. The van der Waals surface area contributed by atoms with Crippen molar-refractivity contribution in [2.45, 2.75) is 47.0 Å². The summed E-state index contributed by atoms with van der Waals surface area (Å²) >= 11 is 0. The van der Waals surface area contributed by atoms with Gasteiger partial charge in [0.1, 0.15) is 0 Å². The molecule has 1 unspecified atom stereocenters. The van der Waals surface area contributed by atoms with Crippen molar-refractivity contribution in [3.8, 4) is 0 Å². The van der Waals surface area contributed by atoms with Crippen molar-refractivity contribution < 1.29 is 0 Å². The van der Waals surface area contributed by atoms with E-state index in [0.29, 0.717) is 0 Å². The number of nitrogens with zero attached hydrogens (tertiary/aromatic N) is 1. The SMILES string of the molecule is CC.CCCCCN(CC)PC. The van der Waals surface area contributed by atoms with E-state index in [1.54, 1.807) is 0 Å². The van der Waals surface area contributed by atoms with E-state index in [4.69, 9.17) is 0 Å². The van der Waals surface area contributed by atoms with Crippen molar-refractivity contribution in [1.29, 1.82) is 0 Å². The van der Waals surface area contributed by atoms with Gasteiger partial charge in [0.05, 0.1) is 0 Å². The molecule has 1 nitrogen and oxygen atoms in total. The Kier molecular flexibility index (Phi) is 17.3. The molecule has 0 saturated carbocycles. The monoisotopic (exact) mass is 191 g/mol. The molecule has 0 aliphatic carbocycles. The molecule has 0 aliphatic rings. The smallest absolute Gasteiger partial charge is 0.00184 e. The molecule has 1 atom stereocenters. The van der Waals surface area contributed by atoms with Crippen molar-refractivity contribution in [3.63, 3.8) is 0 Å². The first-order valence-corrected chi connectivity index (χ1v) is 6.72. The number of unbranched alkanes of at least 4 members (excludes halogenated alkanes) is 2. The molecule has 0 aromatic carbocycles. The van der Waals surface area contributed by atoms with Crippen molar-refractivity contribution in [2.75, 3.05) is 19.8 Å². The minimum absolute atomic E-state index is 0.994. The molecule has 0 aliphatic heterocycles. The molecule has 12 heavy (non-hydrogen) atoms. The topological polar surface area (TPSA) is 3.24 Å². The summed E-state index contributed by atoms with van der Waals surface area (Å²) in [6.45, 7) is 13.3. The highest BCUT2D eigenvalue weighted by molar-refractivity contribution is 7.34. The minimum atomic E-state index is 0.994. The van der Waals surface area contributed by atoms with Gasteiger partial charge in [-0.2, -0.15) is 0 Å². The van der Waals surface area contributed by atoms with Crippen LogP contribution in [0, 0.1) is 0 Å². The van der Waals surface area contributed by atoms with Crippen molar-refractivity contribution >= 4 is 8.73 Å². The van der Waals surface area contributed by atoms with Crippen LogP contribution in [0.4, 0.5) is 0 Å². The van der Waals surface area contributed by atoms with Crippen LogP contribution in [0.3, 0.4) is 0 Å². The first-order valence-electron chi connectivity index (χ1n) is 5.27. The average molecular weight is 191 g/mol. The number of rotatable bonds is 6. The van der Waals surface area contributed by atoms with E-state index in [1.807, 2.05) is 13.8 Å². The van der Waals surface area contributed by atoms with Gasteiger partial charge >= 0.3 is 0 Å². The zero-order valence-electron chi connectivity index (χ0n) is 9.48. The number of hydrogen-bond donors (Lipinski definition) is 0. The summed E-state index contributed by atoms with van der Waals surface area (Å²) in [6.07, 6.45) is 4.11. The van der Waals surface area contributed by atoms with Gasteiger partial charge in [0, 0.05) is 6.54 Å². The van der Waals surface area contributed by atoms with Crippen LogP contribution >= 0.6 is 8.73 Å². The summed E-state index contributed by atoms with van der Waals surface area (Å²) in [4.78, 5) is 0. The summed E-state index contributed by atoms with van der Waals surface area (Å²) in [6, 6.07) is 0. The Morgan fingerprint density at radius 2 is 1.67 bits per heavy atom. The van der Waals surface area contributed by atoms with E-state index in [-0.39, 0.29) is 0 Å². The lowest BCUT2D eigenvalue weighted by Gasteiger charge is -2.16. The molecule has 0 bridgehead atoms. The molecule has 0 fully saturated rings. The Morgan fingerprint density at radius 1 is 1.08 bits per heavy atom. The van der Waals surface area contributed by atoms with E-state index in [2.05, 4.69) is 25.2 Å². The maximum atomic E-state index is 2.51. The van der Waals surface area contributed by atoms with Crippen molar-refractivity contribution in [1.82, 2.24) is 4.67 Å². The molecule has 0 N–H and O–H groups in total. The van der Waals surface area contributed by atoms with Gasteiger partial charge in [-0.15, -0.1) is 0 Å². The van der Waals surface area contributed by atoms with E-state index in [1.165, 1.54) is 32.4 Å². The van der Waals surface area contributed by atoms with E-state index in [0.717, 1.165) is 8.73 Å². The highest BCUT2D eigenvalue weighted by atomic mass is 31.1. The lowest BCUT2D eigenvalue weighted by molar-refractivity contribution is 0.465.